The number of aryl methyl sites for hydroxylation is 1. The molecule has 1 aromatic heterocycles. The van der Waals surface area contributed by atoms with Crippen molar-refractivity contribution in [2.45, 2.75) is 112 Å². The molecule has 59 heavy (non-hydrogen) atoms. The lowest BCUT2D eigenvalue weighted by atomic mass is 9.33. The predicted molar refractivity (Wildman–Crippen MR) is 255 cm³/mol. The van der Waals surface area contributed by atoms with Crippen LogP contribution in [0.2, 0.25) is 0 Å². The van der Waals surface area contributed by atoms with Crippen LogP contribution < -0.4 is 26.2 Å². The van der Waals surface area contributed by atoms with Gasteiger partial charge in [0.15, 0.2) is 0 Å². The Labute approximate surface area is 353 Å². The minimum atomic E-state index is -0.0282. The van der Waals surface area contributed by atoms with Crippen molar-refractivity contribution < 1.29 is 4.42 Å². The average Bonchev–Trinajstić information content (AvgIpc) is 3.64. The van der Waals surface area contributed by atoms with E-state index in [1.807, 2.05) is 0 Å². The molecular weight excluding hydrogens is 715 g/mol. The first-order valence-electron chi connectivity index (χ1n) is 21.4. The number of furan rings is 1. The smallest absolute Gasteiger partial charge is 0.252 e. The van der Waals surface area contributed by atoms with E-state index in [0.717, 1.165) is 11.0 Å². The average molecular weight is 775 g/mol. The molecule has 0 radical (unpaired) electrons. The largest absolute Gasteiger partial charge is 0.464 e. The molecule has 2 aliphatic rings. The molecule has 0 unspecified atom stereocenters. The number of anilines is 6. The van der Waals surface area contributed by atoms with E-state index >= 15 is 0 Å². The molecule has 7 aromatic rings. The molecule has 0 atom stereocenters. The van der Waals surface area contributed by atoms with Crippen molar-refractivity contribution in [3.05, 3.63) is 149 Å². The Morgan fingerprint density at radius 3 is 1.49 bits per heavy atom. The van der Waals surface area contributed by atoms with Crippen molar-refractivity contribution in [3.8, 4) is 11.1 Å². The van der Waals surface area contributed by atoms with Crippen molar-refractivity contribution in [2.24, 2.45) is 0 Å². The van der Waals surface area contributed by atoms with Gasteiger partial charge in [0.2, 0.25) is 0 Å². The van der Waals surface area contributed by atoms with E-state index in [1.54, 1.807) is 6.26 Å². The highest BCUT2D eigenvalue weighted by Gasteiger charge is 2.44. The highest BCUT2D eigenvalue weighted by Crippen LogP contribution is 2.48. The third kappa shape index (κ3) is 6.60. The molecular formula is C55H59BN2O. The molecule has 3 heterocycles. The van der Waals surface area contributed by atoms with Crippen LogP contribution in [0.4, 0.5) is 34.1 Å². The van der Waals surface area contributed by atoms with Gasteiger partial charge in [-0.05, 0) is 145 Å². The quantitative estimate of drug-likeness (QED) is 0.167. The second kappa shape index (κ2) is 13.3. The lowest BCUT2D eigenvalue weighted by molar-refractivity contribution is 0.590. The second-order valence-corrected chi connectivity index (χ2v) is 21.3. The van der Waals surface area contributed by atoms with E-state index in [4.69, 9.17) is 4.42 Å². The van der Waals surface area contributed by atoms with Gasteiger partial charge in [0.05, 0.1) is 12.0 Å². The van der Waals surface area contributed by atoms with Gasteiger partial charge in [-0.1, -0.05) is 132 Å². The predicted octanol–water partition coefficient (Wildman–Crippen LogP) is 13.7. The number of hydrogen-bond acceptors (Lipinski definition) is 3. The van der Waals surface area contributed by atoms with Gasteiger partial charge in [0, 0.05) is 39.4 Å². The zero-order valence-electron chi connectivity index (χ0n) is 37.4. The van der Waals surface area contributed by atoms with Crippen molar-refractivity contribution in [3.63, 3.8) is 0 Å². The summed E-state index contributed by atoms with van der Waals surface area (Å²) in [6.07, 6.45) is 1.79. The van der Waals surface area contributed by atoms with Gasteiger partial charge in [0.1, 0.15) is 5.58 Å². The van der Waals surface area contributed by atoms with E-state index < -0.39 is 0 Å². The summed E-state index contributed by atoms with van der Waals surface area (Å²) in [5.74, 6) is 0. The van der Waals surface area contributed by atoms with Gasteiger partial charge in [-0.2, -0.15) is 0 Å². The Hall–Kier alpha value is -5.48. The number of benzene rings is 6. The highest BCUT2D eigenvalue weighted by molar-refractivity contribution is 7.00. The van der Waals surface area contributed by atoms with Crippen LogP contribution in [0.25, 0.3) is 22.1 Å². The standard InChI is InChI=1S/C55H59BN2O/c1-34-28-48-51-49(29-34)58(45-22-17-38(53(5,6)7)31-42(45)35-14-25-50-36(30-35)26-27-59-50)47-24-19-40(55(11,12)13)33-44(47)56(51)43-32-39(54(8,9)10)18-23-46(43)57(48)41-20-15-37(16-21-41)52(2,3)4/h14-33H,1-13H3. The fourth-order valence-corrected chi connectivity index (χ4v) is 9.29. The first kappa shape index (κ1) is 39.0. The minimum absolute atomic E-state index is 0.0127. The van der Waals surface area contributed by atoms with Crippen molar-refractivity contribution in [2.75, 3.05) is 9.80 Å². The Morgan fingerprint density at radius 1 is 0.441 bits per heavy atom. The van der Waals surface area contributed by atoms with Crippen LogP contribution in [0.5, 0.6) is 0 Å². The van der Waals surface area contributed by atoms with Crippen LogP contribution in [-0.2, 0) is 21.7 Å². The summed E-state index contributed by atoms with van der Waals surface area (Å²) in [6, 6.07) is 44.6. The third-order valence-corrected chi connectivity index (χ3v) is 12.8. The molecule has 0 N–H and O–H groups in total. The van der Waals surface area contributed by atoms with Gasteiger partial charge in [-0.3, -0.25) is 0 Å². The SMILES string of the molecule is Cc1cc2c3c(c1)N(c1ccc(C(C)(C)C)cc1-c1ccc4occc4c1)c1ccc(C(C)(C)C)cc1B3c1cc(C(C)(C)C)ccc1N2c1ccc(C(C)(C)C)cc1. The van der Waals surface area contributed by atoms with E-state index in [9.17, 15) is 0 Å². The topological polar surface area (TPSA) is 19.6 Å². The van der Waals surface area contributed by atoms with Crippen molar-refractivity contribution >= 4 is 68.2 Å². The Balaban J connectivity index is 1.39. The fourth-order valence-electron chi connectivity index (χ4n) is 9.29. The number of rotatable bonds is 3. The molecule has 0 aliphatic carbocycles. The van der Waals surface area contributed by atoms with Crippen LogP contribution in [0.1, 0.15) is 111 Å². The zero-order chi connectivity index (χ0) is 42.0. The van der Waals surface area contributed by atoms with E-state index in [0.29, 0.717) is 0 Å². The number of hydrogen-bond donors (Lipinski definition) is 0. The maximum atomic E-state index is 5.83. The lowest BCUT2D eigenvalue weighted by Crippen LogP contribution is -2.61. The van der Waals surface area contributed by atoms with Crippen molar-refractivity contribution in [1.29, 1.82) is 0 Å². The maximum Gasteiger partial charge on any atom is 0.252 e. The Kier molecular flexibility index (Phi) is 8.77. The summed E-state index contributed by atoms with van der Waals surface area (Å²) in [5.41, 5.74) is 21.2. The second-order valence-electron chi connectivity index (χ2n) is 21.3. The van der Waals surface area contributed by atoms with Crippen LogP contribution in [0, 0.1) is 6.92 Å². The fraction of sp³-hybridized carbons (Fsp3) is 0.309. The van der Waals surface area contributed by atoms with Crippen LogP contribution >= 0.6 is 0 Å². The summed E-state index contributed by atoms with van der Waals surface area (Å²) in [5, 5.41) is 1.11. The van der Waals surface area contributed by atoms with Crippen molar-refractivity contribution in [1.82, 2.24) is 0 Å². The summed E-state index contributed by atoms with van der Waals surface area (Å²) in [6.45, 7) is 30.1. The summed E-state index contributed by atoms with van der Waals surface area (Å²) in [7, 11) is 0. The first-order chi connectivity index (χ1) is 27.7. The minimum Gasteiger partial charge on any atom is -0.464 e. The first-order valence-corrected chi connectivity index (χ1v) is 21.4. The van der Waals surface area contributed by atoms with E-state index in [-0.39, 0.29) is 28.4 Å². The molecule has 0 saturated carbocycles. The summed E-state index contributed by atoms with van der Waals surface area (Å²) in [4.78, 5) is 5.13. The van der Waals surface area contributed by atoms with Gasteiger partial charge in [0.25, 0.3) is 6.71 Å². The molecule has 9 rings (SSSR count). The molecule has 0 spiro atoms. The molecule has 0 saturated heterocycles. The molecule has 4 heteroatoms. The van der Waals surface area contributed by atoms with Gasteiger partial charge in [-0.25, -0.2) is 0 Å². The van der Waals surface area contributed by atoms with Crippen LogP contribution in [0.3, 0.4) is 0 Å². The molecule has 0 fully saturated rings. The molecule has 3 nitrogen and oxygen atoms in total. The third-order valence-electron chi connectivity index (χ3n) is 12.8. The molecule has 298 valence electrons. The summed E-state index contributed by atoms with van der Waals surface area (Å²) >= 11 is 0. The monoisotopic (exact) mass is 774 g/mol. The number of fused-ring (bicyclic) bond motifs is 5. The van der Waals surface area contributed by atoms with Gasteiger partial charge >= 0.3 is 0 Å². The zero-order valence-corrected chi connectivity index (χ0v) is 37.4. The molecule has 0 bridgehead atoms. The van der Waals surface area contributed by atoms with Gasteiger partial charge < -0.3 is 14.2 Å². The van der Waals surface area contributed by atoms with Gasteiger partial charge in [-0.15, -0.1) is 0 Å². The normalized spacial score (nSPS) is 14.1. The van der Waals surface area contributed by atoms with E-state index in [1.165, 1.54) is 89.5 Å². The molecule has 0 amide bonds. The Bertz CT molecular complexity index is 2780. The number of nitrogens with zero attached hydrogens (tertiary/aromatic N) is 2. The summed E-state index contributed by atoms with van der Waals surface area (Å²) < 4.78 is 5.83. The van der Waals surface area contributed by atoms with Crippen LogP contribution in [-0.4, -0.2) is 6.71 Å². The highest BCUT2D eigenvalue weighted by atomic mass is 16.3. The van der Waals surface area contributed by atoms with Crippen LogP contribution in [0.15, 0.2) is 126 Å². The Morgan fingerprint density at radius 2 is 0.932 bits per heavy atom. The lowest BCUT2D eigenvalue weighted by Gasteiger charge is -2.45. The molecule has 2 aliphatic heterocycles. The molecule has 6 aromatic carbocycles. The maximum absolute atomic E-state index is 5.83. The van der Waals surface area contributed by atoms with E-state index in [2.05, 4.69) is 215 Å².